The fourth-order valence-electron chi connectivity index (χ4n) is 0.708. The molecule has 0 saturated carbocycles. The summed E-state index contributed by atoms with van der Waals surface area (Å²) >= 11 is 0. The topological polar surface area (TPSA) is 32.3 Å². The zero-order chi connectivity index (χ0) is 7.94. The van der Waals surface area contributed by atoms with Gasteiger partial charge in [-0.1, -0.05) is 0 Å². The molecule has 0 unspecified atom stereocenters. The summed E-state index contributed by atoms with van der Waals surface area (Å²) in [5.74, 6) is 0.709. The van der Waals surface area contributed by atoms with Crippen molar-refractivity contribution in [3.63, 3.8) is 0 Å². The number of hydrogen-bond donors (Lipinski definition) is 0. The molecule has 0 aromatic heterocycles. The van der Waals surface area contributed by atoms with Crippen LogP contribution in [0.5, 0.6) is 5.75 Å². The van der Waals surface area contributed by atoms with Crippen LogP contribution in [0.3, 0.4) is 0 Å². The molecule has 0 bridgehead atoms. The van der Waals surface area contributed by atoms with E-state index in [1.807, 2.05) is 18.2 Å². The maximum Gasteiger partial charge on any atom is 1.00 e. The summed E-state index contributed by atoms with van der Waals surface area (Å²) in [5, 5.41) is 10.0. The van der Waals surface area contributed by atoms with Crippen LogP contribution < -0.4 is 47.6 Å². The molecule has 0 aliphatic rings. The van der Waals surface area contributed by atoms with E-state index in [0.29, 0.717) is 18.8 Å². The van der Waals surface area contributed by atoms with Gasteiger partial charge < -0.3 is 9.84 Å². The molecule has 60 valence electrons. The van der Waals surface area contributed by atoms with Gasteiger partial charge in [-0.05, 0) is 6.42 Å². The van der Waals surface area contributed by atoms with Crippen LogP contribution in [0.1, 0.15) is 6.42 Å². The van der Waals surface area contributed by atoms with Gasteiger partial charge in [0.15, 0.2) is 0 Å². The van der Waals surface area contributed by atoms with Crippen LogP contribution in [0.2, 0.25) is 0 Å². The predicted octanol–water partition coefficient (Wildman–Crippen LogP) is -5.38. The van der Waals surface area contributed by atoms with Gasteiger partial charge in [0.25, 0.3) is 0 Å². The molecule has 0 aliphatic heterocycles. The number of benzene rings is 1. The molecule has 0 N–H and O–H groups in total. The summed E-state index contributed by atoms with van der Waals surface area (Å²) < 4.78 is 5.19. The second-order valence-corrected chi connectivity index (χ2v) is 2.13. The molecule has 0 fully saturated rings. The summed E-state index contributed by atoms with van der Waals surface area (Å²) in [5.41, 5.74) is 0. The van der Waals surface area contributed by atoms with Gasteiger partial charge in [-0.15, -0.1) is 18.7 Å². The smallest absolute Gasteiger partial charge is 0.854 e. The predicted molar refractivity (Wildman–Crippen MR) is 40.3 cm³/mol. The zero-order valence-corrected chi connectivity index (χ0v) is 8.25. The minimum atomic E-state index is -0.0766. The molecular formula is C9H10Li2O2. The molecular weight excluding hydrogens is 154 g/mol. The minimum Gasteiger partial charge on any atom is -0.854 e. The van der Waals surface area contributed by atoms with E-state index in [1.165, 1.54) is 0 Å². The first-order valence-corrected chi connectivity index (χ1v) is 3.61. The van der Waals surface area contributed by atoms with Gasteiger partial charge in [-0.2, -0.15) is 18.2 Å². The quantitative estimate of drug-likeness (QED) is 0.253. The number of ether oxygens (including phenoxy) is 1. The Hall–Kier alpha value is 0.175. The van der Waals surface area contributed by atoms with Gasteiger partial charge in [0.1, 0.15) is 0 Å². The Morgan fingerprint density at radius 1 is 1.31 bits per heavy atom. The van der Waals surface area contributed by atoms with Crippen LogP contribution in [0.25, 0.3) is 0 Å². The normalized spacial score (nSPS) is 8.08. The third-order valence-corrected chi connectivity index (χ3v) is 1.23. The average molecular weight is 164 g/mol. The van der Waals surface area contributed by atoms with E-state index in [-0.39, 0.29) is 44.3 Å². The first-order valence-electron chi connectivity index (χ1n) is 3.61. The Kier molecular flexibility index (Phi) is 12.3. The Balaban J connectivity index is 0. The van der Waals surface area contributed by atoms with Gasteiger partial charge in [-0.25, -0.2) is 0 Å². The Morgan fingerprint density at radius 2 is 2.08 bits per heavy atom. The SMILES string of the molecule is [Li+].[Li+].[O-]CCCOc1[c-]cccc1. The van der Waals surface area contributed by atoms with Crippen LogP contribution in [0.15, 0.2) is 24.3 Å². The van der Waals surface area contributed by atoms with Crippen LogP contribution in [-0.2, 0) is 0 Å². The molecule has 0 heterocycles. The second-order valence-electron chi connectivity index (χ2n) is 2.13. The first kappa shape index (κ1) is 15.6. The molecule has 0 atom stereocenters. The molecule has 0 saturated heterocycles. The van der Waals surface area contributed by atoms with E-state index in [1.54, 1.807) is 6.07 Å². The number of para-hydroxylation sites is 1. The van der Waals surface area contributed by atoms with Crippen LogP contribution in [0, 0.1) is 6.07 Å². The summed E-state index contributed by atoms with van der Waals surface area (Å²) in [6.07, 6.45) is 0.558. The first-order chi connectivity index (χ1) is 5.43. The number of rotatable bonds is 4. The van der Waals surface area contributed by atoms with E-state index in [2.05, 4.69) is 6.07 Å². The van der Waals surface area contributed by atoms with Gasteiger partial charge >= 0.3 is 37.7 Å². The fourth-order valence-corrected chi connectivity index (χ4v) is 0.708. The largest absolute Gasteiger partial charge is 1.00 e. The Bertz CT molecular complexity index is 192. The van der Waals surface area contributed by atoms with E-state index in [9.17, 15) is 5.11 Å². The fraction of sp³-hybridized carbons (Fsp3) is 0.333. The van der Waals surface area contributed by atoms with Crippen molar-refractivity contribution >= 4 is 0 Å². The standard InChI is InChI=1S/C9H10O2.2Li/c10-7-4-8-11-9-5-2-1-3-6-9;;/h1-3,5H,4,7-8H2;;/q-2;2*+1. The Morgan fingerprint density at radius 3 is 2.62 bits per heavy atom. The van der Waals surface area contributed by atoms with Gasteiger partial charge in [0, 0.05) is 5.75 Å². The van der Waals surface area contributed by atoms with Gasteiger partial charge in [0.05, 0.1) is 6.61 Å². The summed E-state index contributed by atoms with van der Waals surface area (Å²) in [6, 6.07) is 10.3. The van der Waals surface area contributed by atoms with Crippen molar-refractivity contribution in [2.24, 2.45) is 0 Å². The summed E-state index contributed by atoms with van der Waals surface area (Å²) in [6.45, 7) is 0.414. The second kappa shape index (κ2) is 10.3. The molecule has 0 amide bonds. The zero-order valence-electron chi connectivity index (χ0n) is 8.25. The van der Waals surface area contributed by atoms with Gasteiger partial charge in [-0.3, -0.25) is 0 Å². The van der Waals surface area contributed by atoms with Crippen molar-refractivity contribution in [1.29, 1.82) is 0 Å². The molecule has 1 rings (SSSR count). The van der Waals surface area contributed by atoms with Crippen molar-refractivity contribution in [3.05, 3.63) is 30.3 Å². The van der Waals surface area contributed by atoms with Crippen molar-refractivity contribution in [2.75, 3.05) is 13.2 Å². The molecule has 0 spiro atoms. The van der Waals surface area contributed by atoms with Crippen LogP contribution in [0.4, 0.5) is 0 Å². The van der Waals surface area contributed by atoms with Crippen molar-refractivity contribution in [2.45, 2.75) is 6.42 Å². The molecule has 2 nitrogen and oxygen atoms in total. The maximum atomic E-state index is 10.0. The van der Waals surface area contributed by atoms with E-state index < -0.39 is 0 Å². The van der Waals surface area contributed by atoms with E-state index in [4.69, 9.17) is 4.74 Å². The summed E-state index contributed by atoms with van der Waals surface area (Å²) in [7, 11) is 0. The molecule has 4 heteroatoms. The van der Waals surface area contributed by atoms with Crippen LogP contribution >= 0.6 is 0 Å². The average Bonchev–Trinajstić information content (AvgIpc) is 2.07. The molecule has 13 heavy (non-hydrogen) atoms. The Labute approximate surface area is 103 Å². The molecule has 0 aliphatic carbocycles. The van der Waals surface area contributed by atoms with E-state index >= 15 is 0 Å². The van der Waals surface area contributed by atoms with Gasteiger partial charge in [0.2, 0.25) is 0 Å². The summed E-state index contributed by atoms with van der Waals surface area (Å²) in [4.78, 5) is 0. The van der Waals surface area contributed by atoms with Crippen molar-refractivity contribution in [1.82, 2.24) is 0 Å². The molecule has 0 radical (unpaired) electrons. The maximum absolute atomic E-state index is 10.0. The van der Waals surface area contributed by atoms with Crippen molar-refractivity contribution < 1.29 is 47.6 Å². The molecule has 1 aromatic carbocycles. The van der Waals surface area contributed by atoms with E-state index in [0.717, 1.165) is 0 Å². The van der Waals surface area contributed by atoms with Crippen molar-refractivity contribution in [3.8, 4) is 5.75 Å². The minimum absolute atomic E-state index is 0. The molecule has 1 aromatic rings. The van der Waals surface area contributed by atoms with Crippen LogP contribution in [-0.4, -0.2) is 13.2 Å². The monoisotopic (exact) mass is 164 g/mol. The number of hydrogen-bond acceptors (Lipinski definition) is 2. The third-order valence-electron chi connectivity index (χ3n) is 1.23. The third kappa shape index (κ3) is 7.26.